The summed E-state index contributed by atoms with van der Waals surface area (Å²) in [7, 11) is 0. The number of nitrogens with zero attached hydrogens (tertiary/aromatic N) is 2. The predicted molar refractivity (Wildman–Crippen MR) is 61.3 cm³/mol. The van der Waals surface area contributed by atoms with Gasteiger partial charge in [0.1, 0.15) is 0 Å². The summed E-state index contributed by atoms with van der Waals surface area (Å²) in [6, 6.07) is 8.00. The van der Waals surface area contributed by atoms with Crippen molar-refractivity contribution in [3.05, 3.63) is 41.7 Å². The molecule has 1 heterocycles. The zero-order valence-electron chi connectivity index (χ0n) is 9.27. The maximum absolute atomic E-state index is 9.08. The second-order valence-electron chi connectivity index (χ2n) is 3.60. The van der Waals surface area contributed by atoms with E-state index >= 15 is 0 Å². The lowest BCUT2D eigenvalue weighted by Crippen LogP contribution is -1.99. The molecule has 0 bridgehead atoms. The van der Waals surface area contributed by atoms with E-state index in [2.05, 4.69) is 31.0 Å². The molecule has 78 valence electrons. The highest BCUT2D eigenvalue weighted by atomic mass is 14.7. The summed E-state index contributed by atoms with van der Waals surface area (Å²) in [5.74, 6) is -0.117. The molecular formula is C13H16N2. The van der Waals surface area contributed by atoms with Gasteiger partial charge in [0, 0.05) is 6.20 Å². The van der Waals surface area contributed by atoms with E-state index in [1.54, 1.807) is 6.20 Å². The van der Waals surface area contributed by atoms with Crippen LogP contribution in [0.5, 0.6) is 0 Å². The first kappa shape index (κ1) is 11.5. The number of hydrogen-bond donors (Lipinski definition) is 0. The molecule has 0 aliphatic rings. The van der Waals surface area contributed by atoms with Gasteiger partial charge in [-0.1, -0.05) is 24.6 Å². The van der Waals surface area contributed by atoms with Gasteiger partial charge in [0.2, 0.25) is 0 Å². The second-order valence-corrected chi connectivity index (χ2v) is 3.60. The molecule has 0 aromatic carbocycles. The summed E-state index contributed by atoms with van der Waals surface area (Å²) in [4.78, 5) is 4.21. The summed E-state index contributed by atoms with van der Waals surface area (Å²) in [6.45, 7) is 4.17. The maximum Gasteiger partial charge on any atom is 0.0921 e. The summed E-state index contributed by atoms with van der Waals surface area (Å²) in [6.07, 6.45) is 5.69. The molecule has 0 saturated carbocycles. The van der Waals surface area contributed by atoms with Crippen LogP contribution in [0.2, 0.25) is 0 Å². The highest BCUT2D eigenvalue weighted by molar-refractivity contribution is 5.20. The first-order valence-corrected chi connectivity index (χ1v) is 5.24. The Morgan fingerprint density at radius 1 is 1.60 bits per heavy atom. The Hall–Kier alpha value is -1.62. The van der Waals surface area contributed by atoms with E-state index in [0.717, 1.165) is 18.5 Å². The average Bonchev–Trinajstić information content (AvgIpc) is 2.27. The molecular weight excluding hydrogens is 184 g/mol. The molecule has 0 aliphatic carbocycles. The molecule has 0 amide bonds. The average molecular weight is 200 g/mol. The van der Waals surface area contributed by atoms with Crippen molar-refractivity contribution in [1.29, 1.82) is 5.26 Å². The topological polar surface area (TPSA) is 36.7 Å². The van der Waals surface area contributed by atoms with Crippen LogP contribution >= 0.6 is 0 Å². The van der Waals surface area contributed by atoms with E-state index in [-0.39, 0.29) is 5.92 Å². The summed E-state index contributed by atoms with van der Waals surface area (Å²) >= 11 is 0. The zero-order chi connectivity index (χ0) is 11.1. The molecule has 0 saturated heterocycles. The Morgan fingerprint density at radius 3 is 2.93 bits per heavy atom. The van der Waals surface area contributed by atoms with Crippen molar-refractivity contribution in [3.63, 3.8) is 0 Å². The van der Waals surface area contributed by atoms with Crippen LogP contribution in [-0.2, 0) is 0 Å². The van der Waals surface area contributed by atoms with Gasteiger partial charge < -0.3 is 0 Å². The molecule has 0 aliphatic heterocycles. The van der Waals surface area contributed by atoms with E-state index in [9.17, 15) is 0 Å². The van der Waals surface area contributed by atoms with Crippen molar-refractivity contribution in [2.75, 3.05) is 0 Å². The van der Waals surface area contributed by atoms with Crippen LogP contribution < -0.4 is 0 Å². The lowest BCUT2D eigenvalue weighted by molar-refractivity contribution is 0.800. The van der Waals surface area contributed by atoms with Gasteiger partial charge in [0.05, 0.1) is 17.7 Å². The van der Waals surface area contributed by atoms with Crippen molar-refractivity contribution < 1.29 is 0 Å². The maximum atomic E-state index is 9.08. The first-order chi connectivity index (χ1) is 7.27. The monoisotopic (exact) mass is 200 g/mol. The number of allylic oxidation sites excluding steroid dienone is 2. The molecule has 1 unspecified atom stereocenters. The fraction of sp³-hybridized carbons (Fsp3) is 0.385. The molecule has 0 radical (unpaired) electrons. The van der Waals surface area contributed by atoms with Crippen LogP contribution in [0.4, 0.5) is 0 Å². The van der Waals surface area contributed by atoms with Gasteiger partial charge in [0.15, 0.2) is 0 Å². The predicted octanol–water partition coefficient (Wildman–Crippen LogP) is 3.44. The minimum absolute atomic E-state index is 0.117. The summed E-state index contributed by atoms with van der Waals surface area (Å²) in [5, 5.41) is 9.08. The molecule has 0 fully saturated rings. The molecule has 15 heavy (non-hydrogen) atoms. The third-order valence-electron chi connectivity index (χ3n) is 2.28. The molecule has 0 spiro atoms. The van der Waals surface area contributed by atoms with Gasteiger partial charge in [0.25, 0.3) is 0 Å². The number of pyridine rings is 1. The SMILES string of the molecule is CCC=C(C)CC(C#N)c1ccccn1. The van der Waals surface area contributed by atoms with E-state index in [0.29, 0.717) is 0 Å². The Kier molecular flexibility index (Phi) is 4.56. The van der Waals surface area contributed by atoms with Crippen molar-refractivity contribution in [1.82, 2.24) is 4.98 Å². The van der Waals surface area contributed by atoms with Crippen LogP contribution in [0.15, 0.2) is 36.0 Å². The van der Waals surface area contributed by atoms with Gasteiger partial charge >= 0.3 is 0 Å². The van der Waals surface area contributed by atoms with Gasteiger partial charge in [-0.05, 0) is 31.9 Å². The Bertz CT molecular complexity index is 360. The van der Waals surface area contributed by atoms with E-state index in [1.165, 1.54) is 5.57 Å². The van der Waals surface area contributed by atoms with Crippen molar-refractivity contribution in [2.24, 2.45) is 0 Å². The summed E-state index contributed by atoms with van der Waals surface area (Å²) < 4.78 is 0. The van der Waals surface area contributed by atoms with E-state index in [1.807, 2.05) is 18.2 Å². The van der Waals surface area contributed by atoms with Crippen molar-refractivity contribution in [2.45, 2.75) is 32.6 Å². The van der Waals surface area contributed by atoms with Crippen LogP contribution in [0.1, 0.15) is 38.3 Å². The quantitative estimate of drug-likeness (QED) is 0.698. The van der Waals surface area contributed by atoms with Gasteiger partial charge in [-0.25, -0.2) is 0 Å². The number of hydrogen-bond acceptors (Lipinski definition) is 2. The largest absolute Gasteiger partial charge is 0.260 e. The molecule has 1 atom stereocenters. The lowest BCUT2D eigenvalue weighted by Gasteiger charge is -2.08. The Labute approximate surface area is 91.3 Å². The minimum atomic E-state index is -0.117. The molecule has 1 aromatic rings. The Morgan fingerprint density at radius 2 is 2.40 bits per heavy atom. The van der Waals surface area contributed by atoms with Crippen LogP contribution in [-0.4, -0.2) is 4.98 Å². The van der Waals surface area contributed by atoms with E-state index in [4.69, 9.17) is 5.26 Å². The Balaban J connectivity index is 2.75. The minimum Gasteiger partial charge on any atom is -0.260 e. The normalized spacial score (nSPS) is 13.3. The van der Waals surface area contributed by atoms with Crippen molar-refractivity contribution in [3.8, 4) is 6.07 Å². The highest BCUT2D eigenvalue weighted by Crippen LogP contribution is 2.20. The fourth-order valence-corrected chi connectivity index (χ4v) is 1.55. The smallest absolute Gasteiger partial charge is 0.0921 e. The van der Waals surface area contributed by atoms with Gasteiger partial charge in [-0.15, -0.1) is 0 Å². The third kappa shape index (κ3) is 3.55. The van der Waals surface area contributed by atoms with Crippen LogP contribution in [0.3, 0.4) is 0 Å². The highest BCUT2D eigenvalue weighted by Gasteiger charge is 2.11. The molecule has 0 N–H and O–H groups in total. The molecule has 2 heteroatoms. The van der Waals surface area contributed by atoms with Crippen molar-refractivity contribution >= 4 is 0 Å². The van der Waals surface area contributed by atoms with Crippen LogP contribution in [0, 0.1) is 11.3 Å². The van der Waals surface area contributed by atoms with Gasteiger partial charge in [-0.2, -0.15) is 5.26 Å². The lowest BCUT2D eigenvalue weighted by atomic mass is 9.97. The van der Waals surface area contributed by atoms with Crippen LogP contribution in [0.25, 0.3) is 0 Å². The third-order valence-corrected chi connectivity index (χ3v) is 2.28. The molecule has 1 aromatic heterocycles. The number of rotatable bonds is 4. The van der Waals surface area contributed by atoms with E-state index < -0.39 is 0 Å². The molecule has 2 nitrogen and oxygen atoms in total. The fourth-order valence-electron chi connectivity index (χ4n) is 1.55. The first-order valence-electron chi connectivity index (χ1n) is 5.24. The van der Waals surface area contributed by atoms with Gasteiger partial charge in [-0.3, -0.25) is 4.98 Å². The second kappa shape index (κ2) is 5.98. The standard InChI is InChI=1S/C13H16N2/c1-3-6-11(2)9-12(10-14)13-7-4-5-8-15-13/h4-8,12H,3,9H2,1-2H3. The zero-order valence-corrected chi connectivity index (χ0v) is 9.27. The molecule has 1 rings (SSSR count). The number of aromatic nitrogens is 1. The number of nitriles is 1. The summed E-state index contributed by atoms with van der Waals surface area (Å²) in [5.41, 5.74) is 2.12.